The molecule has 6 heteroatoms. The molecule has 1 unspecified atom stereocenters. The molecule has 2 aromatic carbocycles. The van der Waals surface area contributed by atoms with Crippen LogP contribution in [0.3, 0.4) is 0 Å². The first-order valence-corrected chi connectivity index (χ1v) is 8.14. The predicted octanol–water partition coefficient (Wildman–Crippen LogP) is 2.93. The molecule has 3 rings (SSSR count). The first kappa shape index (κ1) is 16.8. The van der Waals surface area contributed by atoms with Crippen LogP contribution in [0, 0.1) is 6.92 Å². The van der Waals surface area contributed by atoms with E-state index in [9.17, 15) is 9.59 Å². The summed E-state index contributed by atoms with van der Waals surface area (Å²) in [6.07, 6.45) is 0.276. The van der Waals surface area contributed by atoms with E-state index in [0.717, 1.165) is 16.9 Å². The molecule has 130 valence electrons. The lowest BCUT2D eigenvalue weighted by Gasteiger charge is -2.18. The average molecular weight is 339 g/mol. The van der Waals surface area contributed by atoms with Crippen LogP contribution in [0.25, 0.3) is 0 Å². The number of hydrogen-bond donors (Lipinski definition) is 2. The van der Waals surface area contributed by atoms with E-state index >= 15 is 0 Å². The van der Waals surface area contributed by atoms with E-state index in [0.29, 0.717) is 12.3 Å². The Morgan fingerprint density at radius 3 is 2.68 bits per heavy atom. The summed E-state index contributed by atoms with van der Waals surface area (Å²) in [6, 6.07) is 14.3. The molecule has 0 radical (unpaired) electrons. The van der Waals surface area contributed by atoms with Gasteiger partial charge in [-0.1, -0.05) is 23.8 Å². The second kappa shape index (κ2) is 7.25. The number of ether oxygens (including phenoxy) is 1. The lowest BCUT2D eigenvalue weighted by molar-refractivity contribution is -0.117. The van der Waals surface area contributed by atoms with Crippen LogP contribution >= 0.6 is 0 Å². The number of anilines is 2. The van der Waals surface area contributed by atoms with Crippen LogP contribution in [0.4, 0.5) is 16.2 Å². The summed E-state index contributed by atoms with van der Waals surface area (Å²) in [7, 11) is 1.59. The van der Waals surface area contributed by atoms with Crippen molar-refractivity contribution in [1.82, 2.24) is 5.32 Å². The Labute approximate surface area is 146 Å². The molecule has 6 nitrogen and oxygen atoms in total. The van der Waals surface area contributed by atoms with Gasteiger partial charge in [0.25, 0.3) is 0 Å². The van der Waals surface area contributed by atoms with Gasteiger partial charge in [0.05, 0.1) is 13.2 Å². The van der Waals surface area contributed by atoms with Gasteiger partial charge in [-0.3, -0.25) is 4.79 Å². The van der Waals surface area contributed by atoms with E-state index < -0.39 is 0 Å². The molecule has 1 aliphatic heterocycles. The van der Waals surface area contributed by atoms with Crippen LogP contribution in [0.2, 0.25) is 0 Å². The maximum Gasteiger partial charge on any atom is 0.319 e. The third kappa shape index (κ3) is 4.09. The van der Waals surface area contributed by atoms with Crippen molar-refractivity contribution in [1.29, 1.82) is 0 Å². The fourth-order valence-corrected chi connectivity index (χ4v) is 2.82. The van der Waals surface area contributed by atoms with Crippen molar-refractivity contribution in [2.24, 2.45) is 0 Å². The van der Waals surface area contributed by atoms with E-state index in [1.807, 2.05) is 55.5 Å². The second-order valence-corrected chi connectivity index (χ2v) is 6.07. The Bertz CT molecular complexity index is 774. The van der Waals surface area contributed by atoms with Crippen molar-refractivity contribution in [3.05, 3.63) is 54.1 Å². The number of benzene rings is 2. The Morgan fingerprint density at radius 2 is 1.96 bits per heavy atom. The summed E-state index contributed by atoms with van der Waals surface area (Å²) in [5.74, 6) is 0.674. The van der Waals surface area contributed by atoms with Crippen LogP contribution in [-0.4, -0.2) is 31.6 Å². The summed E-state index contributed by atoms with van der Waals surface area (Å²) in [6.45, 7) is 2.43. The number of nitrogens with one attached hydrogen (secondary N) is 2. The number of methoxy groups -OCH3 is 1. The molecule has 0 aromatic heterocycles. The minimum absolute atomic E-state index is 0.0195. The molecule has 1 atom stereocenters. The van der Waals surface area contributed by atoms with Gasteiger partial charge in [-0.2, -0.15) is 0 Å². The molecule has 0 aliphatic carbocycles. The monoisotopic (exact) mass is 339 g/mol. The minimum atomic E-state index is -0.311. The first-order valence-electron chi connectivity index (χ1n) is 8.14. The maximum atomic E-state index is 12.3. The lowest BCUT2D eigenvalue weighted by atomic mass is 10.2. The second-order valence-electron chi connectivity index (χ2n) is 6.07. The average Bonchev–Trinajstić information content (AvgIpc) is 2.97. The number of carbonyl (C=O) groups is 2. The molecule has 0 saturated carbocycles. The molecule has 2 N–H and O–H groups in total. The highest BCUT2D eigenvalue weighted by atomic mass is 16.5. The molecule has 25 heavy (non-hydrogen) atoms. The van der Waals surface area contributed by atoms with Gasteiger partial charge in [-0.15, -0.1) is 0 Å². The summed E-state index contributed by atoms with van der Waals surface area (Å²) in [4.78, 5) is 26.1. The quantitative estimate of drug-likeness (QED) is 0.900. The van der Waals surface area contributed by atoms with Crippen LogP contribution in [-0.2, 0) is 4.79 Å². The zero-order chi connectivity index (χ0) is 17.8. The van der Waals surface area contributed by atoms with E-state index in [1.54, 1.807) is 12.0 Å². The molecular weight excluding hydrogens is 318 g/mol. The standard InChI is InChI=1S/C19H21N3O3/c1-13-6-8-14(9-7-13)20-19(24)21-15-10-18(23)22(12-15)16-4-3-5-17(11-16)25-2/h3-9,11,15H,10,12H2,1-2H3,(H2,20,21,24). The van der Waals surface area contributed by atoms with Gasteiger partial charge in [0.2, 0.25) is 5.91 Å². The fourth-order valence-electron chi connectivity index (χ4n) is 2.82. The summed E-state index contributed by atoms with van der Waals surface area (Å²) >= 11 is 0. The molecule has 0 bridgehead atoms. The van der Waals surface area contributed by atoms with Crippen molar-refractivity contribution in [2.75, 3.05) is 23.9 Å². The van der Waals surface area contributed by atoms with Gasteiger partial charge in [0, 0.05) is 30.4 Å². The Balaban J connectivity index is 1.60. The van der Waals surface area contributed by atoms with Crippen LogP contribution in [0.15, 0.2) is 48.5 Å². The van der Waals surface area contributed by atoms with E-state index in [1.165, 1.54) is 0 Å². The lowest BCUT2D eigenvalue weighted by Crippen LogP contribution is -2.39. The van der Waals surface area contributed by atoms with Gasteiger partial charge in [-0.05, 0) is 31.2 Å². The van der Waals surface area contributed by atoms with Crippen molar-refractivity contribution in [2.45, 2.75) is 19.4 Å². The topological polar surface area (TPSA) is 70.7 Å². The van der Waals surface area contributed by atoms with Gasteiger partial charge in [0.15, 0.2) is 0 Å². The zero-order valence-corrected chi connectivity index (χ0v) is 14.3. The Morgan fingerprint density at radius 1 is 1.20 bits per heavy atom. The zero-order valence-electron chi connectivity index (χ0n) is 14.3. The molecule has 1 fully saturated rings. The van der Waals surface area contributed by atoms with Gasteiger partial charge < -0.3 is 20.3 Å². The third-order valence-electron chi connectivity index (χ3n) is 4.13. The van der Waals surface area contributed by atoms with Crippen molar-refractivity contribution < 1.29 is 14.3 Å². The number of hydrogen-bond acceptors (Lipinski definition) is 3. The van der Waals surface area contributed by atoms with Gasteiger partial charge >= 0.3 is 6.03 Å². The SMILES string of the molecule is COc1cccc(N2CC(NC(=O)Nc3ccc(C)cc3)CC2=O)c1. The number of rotatable bonds is 4. The molecule has 2 aromatic rings. The van der Waals surface area contributed by atoms with E-state index in [2.05, 4.69) is 10.6 Å². The van der Waals surface area contributed by atoms with E-state index in [4.69, 9.17) is 4.74 Å². The first-order chi connectivity index (χ1) is 12.0. The van der Waals surface area contributed by atoms with Crippen LogP contribution in [0.1, 0.15) is 12.0 Å². The molecule has 1 saturated heterocycles. The highest BCUT2D eigenvalue weighted by Gasteiger charge is 2.31. The highest BCUT2D eigenvalue weighted by molar-refractivity contribution is 5.97. The summed E-state index contributed by atoms with van der Waals surface area (Å²) in [5.41, 5.74) is 2.62. The van der Waals surface area contributed by atoms with Crippen molar-refractivity contribution in [3.8, 4) is 5.75 Å². The largest absolute Gasteiger partial charge is 0.497 e. The molecular formula is C19H21N3O3. The minimum Gasteiger partial charge on any atom is -0.497 e. The maximum absolute atomic E-state index is 12.3. The van der Waals surface area contributed by atoms with Crippen LogP contribution < -0.4 is 20.3 Å². The predicted molar refractivity (Wildman–Crippen MR) is 97.1 cm³/mol. The Kier molecular flexibility index (Phi) is 4.88. The fraction of sp³-hybridized carbons (Fsp3) is 0.263. The number of carbonyl (C=O) groups excluding carboxylic acids is 2. The molecule has 1 aliphatic rings. The summed E-state index contributed by atoms with van der Waals surface area (Å²) in [5, 5.41) is 5.64. The smallest absolute Gasteiger partial charge is 0.319 e. The normalized spacial score (nSPS) is 16.6. The van der Waals surface area contributed by atoms with Gasteiger partial charge in [-0.25, -0.2) is 4.79 Å². The number of aryl methyl sites for hydroxylation is 1. The van der Waals surface area contributed by atoms with Crippen LogP contribution in [0.5, 0.6) is 5.75 Å². The van der Waals surface area contributed by atoms with Gasteiger partial charge in [0.1, 0.15) is 5.75 Å². The van der Waals surface area contributed by atoms with Crippen molar-refractivity contribution >= 4 is 23.3 Å². The van der Waals surface area contributed by atoms with E-state index in [-0.39, 0.29) is 24.4 Å². The van der Waals surface area contributed by atoms with Crippen molar-refractivity contribution in [3.63, 3.8) is 0 Å². The molecule has 3 amide bonds. The third-order valence-corrected chi connectivity index (χ3v) is 4.13. The highest BCUT2D eigenvalue weighted by Crippen LogP contribution is 2.25. The molecule has 0 spiro atoms. The number of nitrogens with zero attached hydrogens (tertiary/aromatic N) is 1. The molecule has 1 heterocycles. The number of urea groups is 1. The number of amides is 3. The summed E-state index contributed by atoms with van der Waals surface area (Å²) < 4.78 is 5.20. The Hall–Kier alpha value is -3.02.